The first kappa shape index (κ1) is 18.9. The highest BCUT2D eigenvalue weighted by Gasteiger charge is 2.21. The first-order valence-electron chi connectivity index (χ1n) is 8.00. The monoisotopic (exact) mass is 363 g/mol. The number of nitro benzene ring substituents is 1. The van der Waals surface area contributed by atoms with Crippen LogP contribution in [0.15, 0.2) is 53.4 Å². The van der Waals surface area contributed by atoms with Gasteiger partial charge in [-0.25, -0.2) is 13.1 Å². The Morgan fingerprint density at radius 2 is 1.84 bits per heavy atom. The number of unbranched alkanes of at least 4 members (excludes halogenated alkanes) is 1. The average molecular weight is 363 g/mol. The van der Waals surface area contributed by atoms with E-state index in [1.807, 2.05) is 37.3 Å². The van der Waals surface area contributed by atoms with Crippen LogP contribution in [0.4, 0.5) is 11.4 Å². The van der Waals surface area contributed by atoms with Gasteiger partial charge in [0.2, 0.25) is 10.0 Å². The molecule has 0 saturated carbocycles. The molecule has 0 aliphatic heterocycles. The second-order valence-electron chi connectivity index (χ2n) is 5.53. The number of nitro groups is 1. The summed E-state index contributed by atoms with van der Waals surface area (Å²) in [6.45, 7) is 2.66. The molecule has 2 N–H and O–H groups in total. The maximum atomic E-state index is 12.2. The van der Waals surface area contributed by atoms with Crippen LogP contribution >= 0.6 is 0 Å². The molecule has 0 unspecified atom stereocenters. The SMILES string of the molecule is CCCCNS(=O)(=O)c1ccc(NCc2ccccc2)c([N+](=O)[O-])c1. The zero-order chi connectivity index (χ0) is 18.3. The highest BCUT2D eigenvalue weighted by molar-refractivity contribution is 7.89. The molecule has 0 aliphatic rings. The van der Waals surface area contributed by atoms with Gasteiger partial charge in [-0.2, -0.15) is 0 Å². The molecule has 0 radical (unpaired) electrons. The molecule has 2 aromatic carbocycles. The molecule has 0 spiro atoms. The average Bonchev–Trinajstić information content (AvgIpc) is 2.60. The minimum Gasteiger partial charge on any atom is -0.375 e. The Morgan fingerprint density at radius 3 is 2.48 bits per heavy atom. The van der Waals surface area contributed by atoms with Crippen molar-refractivity contribution in [2.45, 2.75) is 31.2 Å². The van der Waals surface area contributed by atoms with Gasteiger partial charge in [0.25, 0.3) is 5.69 Å². The Balaban J connectivity index is 2.21. The molecule has 0 aromatic heterocycles. The predicted octanol–water partition coefficient (Wildman–Crippen LogP) is 3.29. The third kappa shape index (κ3) is 5.27. The molecule has 7 nitrogen and oxygen atoms in total. The van der Waals surface area contributed by atoms with Crippen molar-refractivity contribution in [2.75, 3.05) is 11.9 Å². The van der Waals surface area contributed by atoms with E-state index in [-0.39, 0.29) is 16.3 Å². The fourth-order valence-electron chi connectivity index (χ4n) is 2.24. The summed E-state index contributed by atoms with van der Waals surface area (Å²) in [5, 5.41) is 14.3. The fourth-order valence-corrected chi connectivity index (χ4v) is 3.33. The third-order valence-corrected chi connectivity index (χ3v) is 5.08. The summed E-state index contributed by atoms with van der Waals surface area (Å²) in [4.78, 5) is 10.6. The van der Waals surface area contributed by atoms with Gasteiger partial charge in [0.05, 0.1) is 9.82 Å². The Bertz CT molecular complexity index is 823. The van der Waals surface area contributed by atoms with Crippen molar-refractivity contribution >= 4 is 21.4 Å². The lowest BCUT2D eigenvalue weighted by Crippen LogP contribution is -2.24. The summed E-state index contributed by atoms with van der Waals surface area (Å²) in [5.74, 6) is 0. The molecular formula is C17H21N3O4S. The molecule has 0 aliphatic carbocycles. The smallest absolute Gasteiger partial charge is 0.293 e. The van der Waals surface area contributed by atoms with Crippen molar-refractivity contribution in [3.8, 4) is 0 Å². The maximum Gasteiger partial charge on any atom is 0.293 e. The summed E-state index contributed by atoms with van der Waals surface area (Å²) in [6.07, 6.45) is 1.56. The van der Waals surface area contributed by atoms with Gasteiger partial charge in [0.1, 0.15) is 5.69 Å². The van der Waals surface area contributed by atoms with Crippen LogP contribution in [0.2, 0.25) is 0 Å². The summed E-state index contributed by atoms with van der Waals surface area (Å²) in [7, 11) is -3.75. The first-order valence-corrected chi connectivity index (χ1v) is 9.48. The lowest BCUT2D eigenvalue weighted by molar-refractivity contribution is -0.384. The van der Waals surface area contributed by atoms with E-state index in [0.29, 0.717) is 19.5 Å². The number of benzene rings is 2. The summed E-state index contributed by atoms with van der Waals surface area (Å²) in [6, 6.07) is 13.3. The number of nitrogens with one attached hydrogen (secondary N) is 2. The maximum absolute atomic E-state index is 12.2. The molecule has 2 aromatic rings. The van der Waals surface area contributed by atoms with Gasteiger partial charge in [0.15, 0.2) is 0 Å². The van der Waals surface area contributed by atoms with Crippen LogP contribution in [-0.4, -0.2) is 19.9 Å². The summed E-state index contributed by atoms with van der Waals surface area (Å²) < 4.78 is 26.9. The summed E-state index contributed by atoms with van der Waals surface area (Å²) in [5.41, 5.74) is 0.977. The number of nitrogens with zero attached hydrogens (tertiary/aromatic N) is 1. The number of hydrogen-bond donors (Lipinski definition) is 2. The molecular weight excluding hydrogens is 342 g/mol. The zero-order valence-corrected chi connectivity index (χ0v) is 14.8. The molecule has 0 atom stereocenters. The van der Waals surface area contributed by atoms with Crippen molar-refractivity contribution in [2.24, 2.45) is 0 Å². The van der Waals surface area contributed by atoms with Gasteiger partial charge in [0, 0.05) is 19.2 Å². The van der Waals surface area contributed by atoms with Gasteiger partial charge in [-0.05, 0) is 24.1 Å². The van der Waals surface area contributed by atoms with E-state index in [0.717, 1.165) is 18.1 Å². The van der Waals surface area contributed by atoms with Gasteiger partial charge in [-0.3, -0.25) is 10.1 Å². The van der Waals surface area contributed by atoms with E-state index in [9.17, 15) is 18.5 Å². The van der Waals surface area contributed by atoms with Gasteiger partial charge in [-0.1, -0.05) is 43.7 Å². The molecule has 0 bridgehead atoms. The molecule has 0 amide bonds. The van der Waals surface area contributed by atoms with Crippen LogP contribution in [0.25, 0.3) is 0 Å². The van der Waals surface area contributed by atoms with Gasteiger partial charge in [-0.15, -0.1) is 0 Å². The summed E-state index contributed by atoms with van der Waals surface area (Å²) >= 11 is 0. The third-order valence-electron chi connectivity index (χ3n) is 3.62. The van der Waals surface area contributed by atoms with Crippen LogP contribution in [-0.2, 0) is 16.6 Å². The van der Waals surface area contributed by atoms with Crippen LogP contribution < -0.4 is 10.0 Å². The minimum atomic E-state index is -3.75. The van der Waals surface area contributed by atoms with E-state index < -0.39 is 14.9 Å². The second kappa shape index (κ2) is 8.59. The van der Waals surface area contributed by atoms with Crippen LogP contribution in [0, 0.1) is 10.1 Å². The van der Waals surface area contributed by atoms with Crippen LogP contribution in [0.5, 0.6) is 0 Å². The lowest BCUT2D eigenvalue weighted by Gasteiger charge is -2.10. The van der Waals surface area contributed by atoms with Crippen molar-refractivity contribution < 1.29 is 13.3 Å². The molecule has 8 heteroatoms. The van der Waals surface area contributed by atoms with Crippen LogP contribution in [0.1, 0.15) is 25.3 Å². The van der Waals surface area contributed by atoms with Gasteiger partial charge >= 0.3 is 0 Å². The van der Waals surface area contributed by atoms with Crippen molar-refractivity contribution in [3.63, 3.8) is 0 Å². The van der Waals surface area contributed by atoms with E-state index in [1.54, 1.807) is 0 Å². The normalized spacial score (nSPS) is 11.2. The molecule has 134 valence electrons. The number of anilines is 1. The van der Waals surface area contributed by atoms with E-state index >= 15 is 0 Å². The van der Waals surface area contributed by atoms with E-state index in [1.165, 1.54) is 12.1 Å². The highest BCUT2D eigenvalue weighted by Crippen LogP contribution is 2.28. The van der Waals surface area contributed by atoms with Crippen LogP contribution in [0.3, 0.4) is 0 Å². The molecule has 2 rings (SSSR count). The highest BCUT2D eigenvalue weighted by atomic mass is 32.2. The van der Waals surface area contributed by atoms with Crippen molar-refractivity contribution in [1.29, 1.82) is 0 Å². The molecule has 0 saturated heterocycles. The first-order chi connectivity index (χ1) is 11.9. The molecule has 0 fully saturated rings. The fraction of sp³-hybridized carbons (Fsp3) is 0.294. The molecule has 25 heavy (non-hydrogen) atoms. The Hall–Kier alpha value is -2.45. The molecule has 0 heterocycles. The van der Waals surface area contributed by atoms with E-state index in [4.69, 9.17) is 0 Å². The topological polar surface area (TPSA) is 101 Å². The van der Waals surface area contributed by atoms with Crippen molar-refractivity contribution in [3.05, 3.63) is 64.2 Å². The number of sulfonamides is 1. The quantitative estimate of drug-likeness (QED) is 0.404. The minimum absolute atomic E-state index is 0.111. The largest absolute Gasteiger partial charge is 0.375 e. The Kier molecular flexibility index (Phi) is 6.49. The Morgan fingerprint density at radius 1 is 1.12 bits per heavy atom. The van der Waals surface area contributed by atoms with Gasteiger partial charge < -0.3 is 5.32 Å². The number of hydrogen-bond acceptors (Lipinski definition) is 5. The number of rotatable bonds is 9. The lowest BCUT2D eigenvalue weighted by atomic mass is 10.2. The van der Waals surface area contributed by atoms with Crippen molar-refractivity contribution in [1.82, 2.24) is 4.72 Å². The second-order valence-corrected chi connectivity index (χ2v) is 7.29. The standard InChI is InChI=1S/C17H21N3O4S/c1-2-3-11-19-25(23,24)15-9-10-16(17(12-15)20(21)22)18-13-14-7-5-4-6-8-14/h4-10,12,18-19H,2-3,11,13H2,1H3. The predicted molar refractivity (Wildman–Crippen MR) is 97.0 cm³/mol. The van der Waals surface area contributed by atoms with E-state index in [2.05, 4.69) is 10.0 Å². The Labute approximate surface area is 147 Å². The zero-order valence-electron chi connectivity index (χ0n) is 13.9.